The third-order valence-electron chi connectivity index (χ3n) is 5.08. The number of carbonyl (C=O) groups excluding carboxylic acids is 2. The summed E-state index contributed by atoms with van der Waals surface area (Å²) in [7, 11) is 1.52. The molecular formula is C24H26ClNO6. The number of likely N-dealkylation sites (tertiary alicyclic amines) is 1. The number of ether oxygens (including phenoxy) is 3. The molecule has 1 atom stereocenters. The number of methoxy groups -OCH3 is 1. The highest BCUT2D eigenvalue weighted by molar-refractivity contribution is 6.46. The first-order valence-electron chi connectivity index (χ1n) is 10.4. The molecule has 3 rings (SSSR count). The number of benzene rings is 2. The number of amides is 1. The van der Waals surface area contributed by atoms with Gasteiger partial charge in [0.15, 0.2) is 11.5 Å². The lowest BCUT2D eigenvalue weighted by Gasteiger charge is -2.26. The van der Waals surface area contributed by atoms with Crippen molar-refractivity contribution in [1.82, 2.24) is 4.90 Å². The van der Waals surface area contributed by atoms with Crippen molar-refractivity contribution in [3.8, 4) is 11.5 Å². The van der Waals surface area contributed by atoms with E-state index < -0.39 is 17.7 Å². The fraction of sp³-hybridized carbons (Fsp3) is 0.333. The Balaban J connectivity index is 2.17. The highest BCUT2D eigenvalue weighted by atomic mass is 35.5. The molecule has 0 aliphatic carbocycles. The van der Waals surface area contributed by atoms with Crippen LogP contribution in [0.5, 0.6) is 11.5 Å². The van der Waals surface area contributed by atoms with Gasteiger partial charge in [-0.15, -0.1) is 0 Å². The summed E-state index contributed by atoms with van der Waals surface area (Å²) in [6.07, 6.45) is 0. The third kappa shape index (κ3) is 4.74. The van der Waals surface area contributed by atoms with Crippen LogP contribution < -0.4 is 9.47 Å². The Labute approximate surface area is 192 Å². The summed E-state index contributed by atoms with van der Waals surface area (Å²) in [6.45, 7) is 5.02. The van der Waals surface area contributed by atoms with Crippen molar-refractivity contribution in [1.29, 1.82) is 0 Å². The summed E-state index contributed by atoms with van der Waals surface area (Å²) >= 11 is 5.95. The Morgan fingerprint density at radius 2 is 1.69 bits per heavy atom. The average Bonchev–Trinajstić information content (AvgIpc) is 3.04. The third-order valence-corrected chi connectivity index (χ3v) is 5.33. The van der Waals surface area contributed by atoms with E-state index in [2.05, 4.69) is 0 Å². The summed E-state index contributed by atoms with van der Waals surface area (Å²) in [5.74, 6) is -0.670. The predicted octanol–water partition coefficient (Wildman–Crippen LogP) is 4.21. The molecule has 2 aromatic rings. The SMILES string of the molecule is CCOc1ccc(C2/C(=C(\O)c3ccc(Cl)cc3)C(=O)C(=O)N2CCOC)cc1OCC. The molecule has 0 radical (unpaired) electrons. The van der Waals surface area contributed by atoms with Crippen molar-refractivity contribution in [2.24, 2.45) is 0 Å². The average molecular weight is 460 g/mol. The minimum atomic E-state index is -0.810. The Hall–Kier alpha value is -3.03. The lowest BCUT2D eigenvalue weighted by atomic mass is 9.95. The van der Waals surface area contributed by atoms with Crippen molar-refractivity contribution >= 4 is 29.1 Å². The van der Waals surface area contributed by atoms with Crippen LogP contribution in [-0.2, 0) is 14.3 Å². The van der Waals surface area contributed by atoms with Crippen LogP contribution in [0.3, 0.4) is 0 Å². The van der Waals surface area contributed by atoms with Crippen LogP contribution in [0, 0.1) is 0 Å². The topological polar surface area (TPSA) is 85.3 Å². The standard InChI is InChI=1S/C24H26ClNO6/c1-4-31-18-11-8-16(14-19(18)32-5-2)21-20(22(27)15-6-9-17(25)10-7-15)23(28)24(29)26(21)12-13-30-3/h6-11,14,21,27H,4-5,12-13H2,1-3H3/b22-20+. The first-order valence-corrected chi connectivity index (χ1v) is 10.7. The maximum atomic E-state index is 13.0. The van der Waals surface area contributed by atoms with Crippen LogP contribution in [0.15, 0.2) is 48.0 Å². The van der Waals surface area contributed by atoms with Gasteiger partial charge in [-0.3, -0.25) is 9.59 Å². The van der Waals surface area contributed by atoms with E-state index in [0.29, 0.717) is 40.9 Å². The molecule has 8 heteroatoms. The van der Waals surface area contributed by atoms with E-state index in [1.165, 1.54) is 12.0 Å². The Bertz CT molecular complexity index is 1020. The van der Waals surface area contributed by atoms with Gasteiger partial charge in [-0.25, -0.2) is 0 Å². The Kier molecular flexibility index (Phi) is 7.77. The molecule has 1 amide bonds. The molecule has 0 spiro atoms. The molecule has 1 N–H and O–H groups in total. The van der Waals surface area contributed by atoms with E-state index in [1.807, 2.05) is 13.8 Å². The van der Waals surface area contributed by atoms with E-state index in [9.17, 15) is 14.7 Å². The van der Waals surface area contributed by atoms with E-state index >= 15 is 0 Å². The molecule has 1 heterocycles. The van der Waals surface area contributed by atoms with Gasteiger partial charge >= 0.3 is 0 Å². The van der Waals surface area contributed by atoms with Crippen molar-refractivity contribution in [2.45, 2.75) is 19.9 Å². The Morgan fingerprint density at radius 3 is 2.31 bits per heavy atom. The van der Waals surface area contributed by atoms with Gasteiger partial charge in [0.25, 0.3) is 11.7 Å². The van der Waals surface area contributed by atoms with E-state index in [1.54, 1.807) is 42.5 Å². The smallest absolute Gasteiger partial charge is 0.295 e. The van der Waals surface area contributed by atoms with E-state index in [0.717, 1.165) is 0 Å². The van der Waals surface area contributed by atoms with Crippen molar-refractivity contribution in [3.05, 3.63) is 64.2 Å². The van der Waals surface area contributed by atoms with Crippen LogP contribution in [0.2, 0.25) is 5.02 Å². The second kappa shape index (κ2) is 10.5. The minimum absolute atomic E-state index is 0.0000314. The minimum Gasteiger partial charge on any atom is -0.507 e. The summed E-state index contributed by atoms with van der Waals surface area (Å²) in [5, 5.41) is 11.5. The molecule has 1 unspecified atom stereocenters. The van der Waals surface area contributed by atoms with Crippen LogP contribution in [-0.4, -0.2) is 55.2 Å². The van der Waals surface area contributed by atoms with Gasteiger partial charge in [0, 0.05) is 24.2 Å². The molecule has 170 valence electrons. The molecule has 1 aliphatic rings. The second-order valence-electron chi connectivity index (χ2n) is 7.06. The number of rotatable bonds is 9. The maximum absolute atomic E-state index is 13.0. The molecule has 32 heavy (non-hydrogen) atoms. The maximum Gasteiger partial charge on any atom is 0.295 e. The number of halogens is 1. The van der Waals surface area contributed by atoms with Gasteiger partial charge in [0.1, 0.15) is 5.76 Å². The summed E-state index contributed by atoms with van der Waals surface area (Å²) in [6, 6.07) is 10.8. The van der Waals surface area contributed by atoms with Gasteiger partial charge in [-0.05, 0) is 55.8 Å². The van der Waals surface area contributed by atoms with E-state index in [4.69, 9.17) is 25.8 Å². The first-order chi connectivity index (χ1) is 15.4. The van der Waals surface area contributed by atoms with Gasteiger partial charge < -0.3 is 24.2 Å². The molecule has 1 saturated heterocycles. The molecule has 1 fully saturated rings. The summed E-state index contributed by atoms with van der Waals surface area (Å²) < 4.78 is 16.5. The zero-order valence-corrected chi connectivity index (χ0v) is 19.0. The van der Waals surface area contributed by atoms with Crippen molar-refractivity contribution in [2.75, 3.05) is 33.5 Å². The number of nitrogens with zero attached hydrogens (tertiary/aromatic N) is 1. The van der Waals surface area contributed by atoms with Crippen LogP contribution in [0.1, 0.15) is 31.0 Å². The molecule has 0 aromatic heterocycles. The largest absolute Gasteiger partial charge is 0.507 e. The molecule has 7 nitrogen and oxygen atoms in total. The van der Waals surface area contributed by atoms with Crippen LogP contribution in [0.25, 0.3) is 5.76 Å². The van der Waals surface area contributed by atoms with Crippen molar-refractivity contribution < 1.29 is 28.9 Å². The number of hydrogen-bond donors (Lipinski definition) is 1. The predicted molar refractivity (Wildman–Crippen MR) is 121 cm³/mol. The zero-order valence-electron chi connectivity index (χ0n) is 18.3. The molecular weight excluding hydrogens is 434 g/mol. The fourth-order valence-corrected chi connectivity index (χ4v) is 3.77. The van der Waals surface area contributed by atoms with Gasteiger partial charge in [0.2, 0.25) is 0 Å². The number of aliphatic hydroxyl groups is 1. The quantitative estimate of drug-likeness (QED) is 0.343. The monoisotopic (exact) mass is 459 g/mol. The lowest BCUT2D eigenvalue weighted by Crippen LogP contribution is -2.32. The second-order valence-corrected chi connectivity index (χ2v) is 7.50. The Morgan fingerprint density at radius 1 is 1.03 bits per heavy atom. The fourth-order valence-electron chi connectivity index (χ4n) is 3.65. The number of Topliss-reactive ketones (excluding diaryl/α,β-unsaturated/α-hetero) is 1. The highest BCUT2D eigenvalue weighted by Gasteiger charge is 2.46. The molecule has 1 aliphatic heterocycles. The number of ketones is 1. The van der Waals surface area contributed by atoms with Gasteiger partial charge in [-0.1, -0.05) is 17.7 Å². The normalized spacial score (nSPS) is 17.6. The van der Waals surface area contributed by atoms with Gasteiger partial charge in [0.05, 0.1) is 31.4 Å². The highest BCUT2D eigenvalue weighted by Crippen LogP contribution is 2.42. The summed E-state index contributed by atoms with van der Waals surface area (Å²) in [5.41, 5.74) is 1.00. The molecule has 0 bridgehead atoms. The number of carbonyl (C=O) groups is 2. The first kappa shape index (κ1) is 23.6. The van der Waals surface area contributed by atoms with E-state index in [-0.39, 0.29) is 24.5 Å². The number of aliphatic hydroxyl groups excluding tert-OH is 1. The van der Waals surface area contributed by atoms with Crippen LogP contribution in [0.4, 0.5) is 0 Å². The van der Waals surface area contributed by atoms with Crippen LogP contribution >= 0.6 is 11.6 Å². The summed E-state index contributed by atoms with van der Waals surface area (Å²) in [4.78, 5) is 27.3. The van der Waals surface area contributed by atoms with Crippen molar-refractivity contribution in [3.63, 3.8) is 0 Å². The zero-order chi connectivity index (χ0) is 23.3. The van der Waals surface area contributed by atoms with Gasteiger partial charge in [-0.2, -0.15) is 0 Å². The number of hydrogen-bond acceptors (Lipinski definition) is 6. The molecule has 2 aromatic carbocycles. The molecule has 0 saturated carbocycles. The lowest BCUT2D eigenvalue weighted by molar-refractivity contribution is -0.140.